The highest BCUT2D eigenvalue weighted by molar-refractivity contribution is 5.33. The van der Waals surface area contributed by atoms with E-state index in [0.29, 0.717) is 0 Å². The van der Waals surface area contributed by atoms with E-state index in [2.05, 4.69) is 0 Å². The van der Waals surface area contributed by atoms with Gasteiger partial charge >= 0.3 is 0 Å². The number of rotatable bonds is 3. The lowest BCUT2D eigenvalue weighted by atomic mass is 9.85. The summed E-state index contributed by atoms with van der Waals surface area (Å²) in [5.41, 5.74) is 10.1. The standard InChI is InChI=1S/C11H15NO/c1-11(2,8-12)9-5-4-6-10(7-9)13-3/h4-7H,8H2,1-3H3. The van der Waals surface area contributed by atoms with Gasteiger partial charge in [0.2, 0.25) is 0 Å². The molecule has 0 aliphatic heterocycles. The fourth-order valence-corrected chi connectivity index (χ4v) is 1.14. The van der Waals surface area contributed by atoms with Gasteiger partial charge in [0.25, 0.3) is 0 Å². The van der Waals surface area contributed by atoms with Gasteiger partial charge in [0.05, 0.1) is 7.11 Å². The number of ether oxygens (including phenoxy) is 1. The summed E-state index contributed by atoms with van der Waals surface area (Å²) in [7, 11) is 1.64. The zero-order valence-electron chi connectivity index (χ0n) is 8.37. The molecule has 1 rings (SSSR count). The van der Waals surface area contributed by atoms with E-state index in [4.69, 9.17) is 4.74 Å². The maximum Gasteiger partial charge on any atom is 0.119 e. The Bertz CT molecular complexity index is 281. The monoisotopic (exact) mass is 177 g/mol. The molecule has 0 spiro atoms. The Morgan fingerprint density at radius 1 is 1.38 bits per heavy atom. The second kappa shape index (κ2) is 3.79. The van der Waals surface area contributed by atoms with Crippen LogP contribution in [-0.4, -0.2) is 13.7 Å². The van der Waals surface area contributed by atoms with Gasteiger partial charge in [-0.2, -0.15) is 0 Å². The summed E-state index contributed by atoms with van der Waals surface area (Å²) in [5, 5.41) is 0. The quantitative estimate of drug-likeness (QED) is 0.695. The van der Waals surface area contributed by atoms with Crippen LogP contribution in [0, 0.1) is 0 Å². The van der Waals surface area contributed by atoms with E-state index < -0.39 is 0 Å². The zero-order chi connectivity index (χ0) is 9.90. The molecule has 0 aliphatic carbocycles. The second-order valence-corrected chi connectivity index (χ2v) is 3.77. The highest BCUT2D eigenvalue weighted by atomic mass is 16.5. The highest BCUT2D eigenvalue weighted by Crippen LogP contribution is 2.25. The smallest absolute Gasteiger partial charge is 0.119 e. The Morgan fingerprint density at radius 2 is 2.08 bits per heavy atom. The summed E-state index contributed by atoms with van der Waals surface area (Å²) < 4.78 is 5.11. The van der Waals surface area contributed by atoms with Crippen molar-refractivity contribution in [2.45, 2.75) is 19.3 Å². The van der Waals surface area contributed by atoms with Crippen molar-refractivity contribution in [3.8, 4) is 5.75 Å². The summed E-state index contributed by atoms with van der Waals surface area (Å²) in [4.78, 5) is 0. The Morgan fingerprint density at radius 3 is 2.62 bits per heavy atom. The van der Waals surface area contributed by atoms with Crippen LogP contribution in [0.4, 0.5) is 0 Å². The van der Waals surface area contributed by atoms with Gasteiger partial charge in [-0.15, -0.1) is 5.73 Å². The first-order valence-corrected chi connectivity index (χ1v) is 4.35. The van der Waals surface area contributed by atoms with Crippen LogP contribution in [0.2, 0.25) is 0 Å². The average molecular weight is 177 g/mol. The molecule has 1 aromatic rings. The molecule has 13 heavy (non-hydrogen) atoms. The lowest BCUT2D eigenvalue weighted by molar-refractivity contribution is 0.412. The van der Waals surface area contributed by atoms with Crippen molar-refractivity contribution >= 4 is 0 Å². The van der Waals surface area contributed by atoms with Crippen LogP contribution in [0.1, 0.15) is 19.4 Å². The minimum Gasteiger partial charge on any atom is -0.497 e. The molecular weight excluding hydrogens is 162 g/mol. The number of hydrogen-bond donors (Lipinski definition) is 0. The predicted molar refractivity (Wildman–Crippen MR) is 53.0 cm³/mol. The van der Waals surface area contributed by atoms with E-state index in [1.807, 2.05) is 38.1 Å². The number of benzene rings is 1. The summed E-state index contributed by atoms with van der Waals surface area (Å²) in [6.07, 6.45) is 0. The van der Waals surface area contributed by atoms with Crippen LogP contribution >= 0.6 is 0 Å². The molecule has 0 heterocycles. The molecule has 70 valence electrons. The minimum atomic E-state index is -0.200. The van der Waals surface area contributed by atoms with Crippen molar-refractivity contribution in [3.05, 3.63) is 29.8 Å². The van der Waals surface area contributed by atoms with Crippen molar-refractivity contribution in [2.24, 2.45) is 0 Å². The Balaban J connectivity index is 3.01. The summed E-state index contributed by atoms with van der Waals surface area (Å²) >= 11 is 0. The molecule has 0 saturated heterocycles. The van der Waals surface area contributed by atoms with Crippen LogP contribution in [0.15, 0.2) is 24.3 Å². The fourth-order valence-electron chi connectivity index (χ4n) is 1.14. The third-order valence-corrected chi connectivity index (χ3v) is 2.25. The molecule has 0 N–H and O–H groups in total. The maximum atomic E-state index is 9.17. The number of hydrogen-bond acceptors (Lipinski definition) is 1. The van der Waals surface area contributed by atoms with Crippen LogP contribution in [0.3, 0.4) is 0 Å². The van der Waals surface area contributed by atoms with E-state index in [1.165, 1.54) is 0 Å². The average Bonchev–Trinajstić information content (AvgIpc) is 2.18. The molecule has 0 amide bonds. The van der Waals surface area contributed by atoms with Crippen LogP contribution in [0.5, 0.6) is 5.75 Å². The van der Waals surface area contributed by atoms with Gasteiger partial charge < -0.3 is 4.74 Å². The Labute approximate surface area is 79.7 Å². The van der Waals surface area contributed by atoms with Crippen LogP contribution in [-0.2, 0) is 5.41 Å². The van der Waals surface area contributed by atoms with E-state index >= 15 is 0 Å². The van der Waals surface area contributed by atoms with Gasteiger partial charge in [-0.1, -0.05) is 26.0 Å². The van der Waals surface area contributed by atoms with Crippen molar-refractivity contribution in [1.82, 2.24) is 5.73 Å². The third-order valence-electron chi connectivity index (χ3n) is 2.25. The lowest BCUT2D eigenvalue weighted by Crippen LogP contribution is -2.22. The maximum absolute atomic E-state index is 9.17. The summed E-state index contributed by atoms with van der Waals surface area (Å²) in [6.45, 7) is 4.14. The molecule has 1 aromatic carbocycles. The predicted octanol–water partition coefficient (Wildman–Crippen LogP) is 2.04. The molecule has 2 radical (unpaired) electrons. The van der Waals surface area contributed by atoms with Gasteiger partial charge in [0.15, 0.2) is 0 Å². The molecule has 0 aromatic heterocycles. The molecule has 2 heteroatoms. The van der Waals surface area contributed by atoms with Gasteiger partial charge in [-0.05, 0) is 17.7 Å². The van der Waals surface area contributed by atoms with E-state index in [0.717, 1.165) is 11.3 Å². The van der Waals surface area contributed by atoms with Crippen molar-refractivity contribution in [2.75, 3.05) is 13.7 Å². The number of methoxy groups -OCH3 is 1. The first-order chi connectivity index (χ1) is 6.10. The van der Waals surface area contributed by atoms with Crippen molar-refractivity contribution in [3.63, 3.8) is 0 Å². The minimum absolute atomic E-state index is 0.139. The van der Waals surface area contributed by atoms with Gasteiger partial charge in [-0.3, -0.25) is 0 Å². The molecule has 2 nitrogen and oxygen atoms in total. The van der Waals surface area contributed by atoms with Crippen molar-refractivity contribution < 1.29 is 4.74 Å². The van der Waals surface area contributed by atoms with Crippen molar-refractivity contribution in [1.29, 1.82) is 0 Å². The topological polar surface area (TPSA) is 31.5 Å². The summed E-state index contributed by atoms with van der Waals surface area (Å²) in [6, 6.07) is 7.79. The molecule has 0 saturated carbocycles. The Kier molecular flexibility index (Phi) is 2.94. The molecule has 0 atom stereocenters. The third kappa shape index (κ3) is 2.22. The first-order valence-electron chi connectivity index (χ1n) is 4.35. The zero-order valence-corrected chi connectivity index (χ0v) is 8.37. The molecule has 0 fully saturated rings. The van der Waals surface area contributed by atoms with E-state index in [-0.39, 0.29) is 12.0 Å². The SMILES string of the molecule is COc1cccc(C(C)(C)C[N])c1. The Hall–Kier alpha value is -1.02. The second-order valence-electron chi connectivity index (χ2n) is 3.77. The first kappa shape index (κ1) is 10.1. The normalized spacial score (nSPS) is 11.4. The van der Waals surface area contributed by atoms with Crippen LogP contribution < -0.4 is 10.5 Å². The van der Waals surface area contributed by atoms with Gasteiger partial charge in [-0.25, -0.2) is 0 Å². The molecule has 0 aliphatic rings. The lowest BCUT2D eigenvalue weighted by Gasteiger charge is -2.22. The summed E-state index contributed by atoms with van der Waals surface area (Å²) in [5.74, 6) is 0.832. The number of nitrogens with zero attached hydrogens (tertiary/aromatic N) is 1. The van der Waals surface area contributed by atoms with E-state index in [1.54, 1.807) is 7.11 Å². The highest BCUT2D eigenvalue weighted by Gasteiger charge is 2.19. The van der Waals surface area contributed by atoms with Crippen LogP contribution in [0.25, 0.3) is 0 Å². The molecule has 0 unspecified atom stereocenters. The molecular formula is C11H15NO. The molecule has 0 bridgehead atoms. The van der Waals surface area contributed by atoms with Gasteiger partial charge in [0.1, 0.15) is 5.75 Å². The largest absolute Gasteiger partial charge is 0.497 e. The van der Waals surface area contributed by atoms with Gasteiger partial charge in [0, 0.05) is 12.0 Å². The van der Waals surface area contributed by atoms with E-state index in [9.17, 15) is 5.73 Å². The fraction of sp³-hybridized carbons (Fsp3) is 0.455.